The van der Waals surface area contributed by atoms with Crippen LogP contribution in [0.3, 0.4) is 0 Å². The van der Waals surface area contributed by atoms with Gasteiger partial charge in [0.1, 0.15) is 5.01 Å². The molecule has 0 unspecified atom stereocenters. The number of H-pyrrole nitrogens is 1. The van der Waals surface area contributed by atoms with Crippen molar-refractivity contribution < 1.29 is 4.79 Å². The van der Waals surface area contributed by atoms with Crippen molar-refractivity contribution in [3.05, 3.63) is 63.5 Å². The predicted octanol–water partition coefficient (Wildman–Crippen LogP) is 3.29. The summed E-state index contributed by atoms with van der Waals surface area (Å²) in [5, 5.41) is 12.5. The zero-order chi connectivity index (χ0) is 18.3. The van der Waals surface area contributed by atoms with Crippen LogP contribution in [0.25, 0.3) is 21.6 Å². The van der Waals surface area contributed by atoms with Gasteiger partial charge in [-0.15, -0.1) is 10.2 Å². The zero-order valence-corrected chi connectivity index (χ0v) is 15.1. The number of nitrogens with one attached hydrogen (secondary N) is 2. The Morgan fingerprint density at radius 3 is 2.88 bits per heavy atom. The number of hydrogen-bond donors (Lipinski definition) is 2. The number of carbonyl (C=O) groups is 1. The lowest BCUT2D eigenvalue weighted by Gasteiger charge is -2.01. The molecule has 130 valence electrons. The fourth-order valence-electron chi connectivity index (χ4n) is 2.56. The first-order chi connectivity index (χ1) is 12.5. The lowest BCUT2D eigenvalue weighted by atomic mass is 10.2. The van der Waals surface area contributed by atoms with Crippen LogP contribution in [-0.4, -0.2) is 25.7 Å². The van der Waals surface area contributed by atoms with Crippen LogP contribution in [0.1, 0.15) is 10.4 Å². The zero-order valence-electron chi connectivity index (χ0n) is 13.5. The van der Waals surface area contributed by atoms with Gasteiger partial charge in [-0.1, -0.05) is 35.1 Å². The van der Waals surface area contributed by atoms with Crippen LogP contribution in [0.4, 0.5) is 5.13 Å². The third kappa shape index (κ3) is 3.00. The van der Waals surface area contributed by atoms with E-state index in [0.717, 1.165) is 11.1 Å². The van der Waals surface area contributed by atoms with E-state index in [1.807, 2.05) is 12.1 Å². The standard InChI is InChI=1S/C17H12ClN5O2S/c1-23-13-6-5-9(8-12(13)19-17(23)25)14(24)20-16-22-21-15(26-16)10-3-2-4-11(18)7-10/h2-8H,1H3,(H,19,25)(H,20,22,24). The maximum absolute atomic E-state index is 12.5. The van der Waals surface area contributed by atoms with Crippen molar-refractivity contribution in [3.63, 3.8) is 0 Å². The smallest absolute Gasteiger partial charge is 0.306 e. The van der Waals surface area contributed by atoms with Gasteiger partial charge in [0.15, 0.2) is 0 Å². The number of nitrogens with zero attached hydrogens (tertiary/aromatic N) is 3. The first kappa shape index (κ1) is 16.5. The van der Waals surface area contributed by atoms with E-state index in [-0.39, 0.29) is 11.6 Å². The number of aromatic amines is 1. The van der Waals surface area contributed by atoms with Crippen LogP contribution in [0.5, 0.6) is 0 Å². The van der Waals surface area contributed by atoms with Gasteiger partial charge >= 0.3 is 5.69 Å². The highest BCUT2D eigenvalue weighted by Gasteiger charge is 2.13. The van der Waals surface area contributed by atoms with Crippen LogP contribution in [0.15, 0.2) is 47.3 Å². The minimum absolute atomic E-state index is 0.229. The van der Waals surface area contributed by atoms with Gasteiger partial charge in [0.2, 0.25) is 5.13 Å². The SMILES string of the molecule is Cn1c(=O)[nH]c2cc(C(=O)Nc3nnc(-c4cccc(Cl)c4)s3)ccc21. The van der Waals surface area contributed by atoms with Gasteiger partial charge in [-0.25, -0.2) is 4.79 Å². The number of hydrogen-bond acceptors (Lipinski definition) is 5. The van der Waals surface area contributed by atoms with E-state index in [4.69, 9.17) is 11.6 Å². The molecule has 4 aromatic rings. The number of amides is 1. The third-order valence-electron chi connectivity index (χ3n) is 3.88. The number of aryl methyl sites for hydroxylation is 1. The maximum Gasteiger partial charge on any atom is 0.326 e. The minimum atomic E-state index is -0.328. The number of anilines is 1. The molecule has 0 atom stereocenters. The number of benzene rings is 2. The number of halogens is 1. The molecule has 0 aliphatic rings. The van der Waals surface area contributed by atoms with Crippen molar-refractivity contribution in [3.8, 4) is 10.6 Å². The molecule has 0 saturated heterocycles. The number of rotatable bonds is 3. The normalized spacial score (nSPS) is 11.0. The molecular weight excluding hydrogens is 374 g/mol. The maximum atomic E-state index is 12.5. The first-order valence-corrected chi connectivity index (χ1v) is 8.80. The summed E-state index contributed by atoms with van der Waals surface area (Å²) in [7, 11) is 1.67. The van der Waals surface area contributed by atoms with Crippen molar-refractivity contribution >= 4 is 45.0 Å². The van der Waals surface area contributed by atoms with Crippen LogP contribution >= 0.6 is 22.9 Å². The second-order valence-corrected chi connectivity index (χ2v) is 7.01. The molecule has 0 bridgehead atoms. The first-order valence-electron chi connectivity index (χ1n) is 7.61. The summed E-state index contributed by atoms with van der Waals surface area (Å²) >= 11 is 7.24. The molecule has 9 heteroatoms. The quantitative estimate of drug-likeness (QED) is 0.566. The third-order valence-corrected chi connectivity index (χ3v) is 5.01. The lowest BCUT2D eigenvalue weighted by molar-refractivity contribution is 0.102. The molecule has 2 aromatic carbocycles. The topological polar surface area (TPSA) is 92.7 Å². The molecule has 0 aliphatic carbocycles. The molecule has 0 saturated carbocycles. The Kier molecular flexibility index (Phi) is 4.06. The molecule has 0 aliphatic heterocycles. The average Bonchev–Trinajstić information content (AvgIpc) is 3.20. The monoisotopic (exact) mass is 385 g/mol. The number of imidazole rings is 1. The molecule has 2 N–H and O–H groups in total. The minimum Gasteiger partial charge on any atom is -0.306 e. The van der Waals surface area contributed by atoms with Crippen LogP contribution in [0.2, 0.25) is 5.02 Å². The van der Waals surface area contributed by atoms with E-state index in [9.17, 15) is 9.59 Å². The van der Waals surface area contributed by atoms with Gasteiger partial charge in [-0.3, -0.25) is 14.7 Å². The van der Waals surface area contributed by atoms with Gasteiger partial charge in [0, 0.05) is 23.2 Å². The van der Waals surface area contributed by atoms with Crippen LogP contribution in [0, 0.1) is 0 Å². The van der Waals surface area contributed by atoms with Crippen molar-refractivity contribution in [2.45, 2.75) is 0 Å². The Balaban J connectivity index is 1.58. The molecular formula is C17H12ClN5O2S. The molecule has 7 nitrogen and oxygen atoms in total. The van der Waals surface area contributed by atoms with Crippen molar-refractivity contribution in [1.82, 2.24) is 19.7 Å². The Labute approximate surface area is 156 Å². The van der Waals surface area contributed by atoms with E-state index in [1.165, 1.54) is 15.9 Å². The molecule has 0 spiro atoms. The molecule has 1 amide bonds. The highest BCUT2D eigenvalue weighted by atomic mass is 35.5. The van der Waals surface area contributed by atoms with E-state index in [1.54, 1.807) is 37.4 Å². The number of aromatic nitrogens is 4. The summed E-state index contributed by atoms with van der Waals surface area (Å²) in [5.74, 6) is -0.328. The number of fused-ring (bicyclic) bond motifs is 1. The highest BCUT2D eigenvalue weighted by Crippen LogP contribution is 2.28. The van der Waals surface area contributed by atoms with E-state index < -0.39 is 0 Å². The Morgan fingerprint density at radius 2 is 2.08 bits per heavy atom. The highest BCUT2D eigenvalue weighted by molar-refractivity contribution is 7.18. The summed E-state index contributed by atoms with van der Waals surface area (Å²) in [6.45, 7) is 0. The van der Waals surface area contributed by atoms with Crippen molar-refractivity contribution in [2.75, 3.05) is 5.32 Å². The Hall–Kier alpha value is -2.97. The van der Waals surface area contributed by atoms with Gasteiger partial charge in [0.05, 0.1) is 11.0 Å². The van der Waals surface area contributed by atoms with E-state index in [0.29, 0.717) is 26.2 Å². The Morgan fingerprint density at radius 1 is 1.23 bits per heavy atom. The van der Waals surface area contributed by atoms with Crippen molar-refractivity contribution in [1.29, 1.82) is 0 Å². The van der Waals surface area contributed by atoms with Crippen LogP contribution in [-0.2, 0) is 7.05 Å². The van der Waals surface area contributed by atoms with E-state index >= 15 is 0 Å². The second kappa shape index (κ2) is 6.40. The largest absolute Gasteiger partial charge is 0.326 e. The molecule has 0 fully saturated rings. The lowest BCUT2D eigenvalue weighted by Crippen LogP contribution is -2.11. The van der Waals surface area contributed by atoms with Gasteiger partial charge < -0.3 is 4.98 Å². The van der Waals surface area contributed by atoms with Crippen LogP contribution < -0.4 is 11.0 Å². The average molecular weight is 386 g/mol. The van der Waals surface area contributed by atoms with Gasteiger partial charge in [-0.05, 0) is 30.3 Å². The van der Waals surface area contributed by atoms with Crippen molar-refractivity contribution in [2.24, 2.45) is 7.05 Å². The Bertz CT molecular complexity index is 1190. The second-order valence-electron chi connectivity index (χ2n) is 5.60. The fraction of sp³-hybridized carbons (Fsp3) is 0.0588. The van der Waals surface area contributed by atoms with Gasteiger partial charge in [0.25, 0.3) is 5.91 Å². The molecule has 2 heterocycles. The molecule has 0 radical (unpaired) electrons. The molecule has 2 aromatic heterocycles. The van der Waals surface area contributed by atoms with Gasteiger partial charge in [-0.2, -0.15) is 0 Å². The molecule has 4 rings (SSSR count). The summed E-state index contributed by atoms with van der Waals surface area (Å²) in [5.41, 5.74) is 2.35. The predicted molar refractivity (Wildman–Crippen MR) is 102 cm³/mol. The summed E-state index contributed by atoms with van der Waals surface area (Å²) in [6, 6.07) is 12.3. The summed E-state index contributed by atoms with van der Waals surface area (Å²) in [4.78, 5) is 26.8. The molecule has 26 heavy (non-hydrogen) atoms. The summed E-state index contributed by atoms with van der Waals surface area (Å²) in [6.07, 6.45) is 0. The number of carbonyl (C=O) groups excluding carboxylic acids is 1. The van der Waals surface area contributed by atoms with E-state index in [2.05, 4.69) is 20.5 Å². The summed E-state index contributed by atoms with van der Waals surface area (Å²) < 4.78 is 1.49. The fourth-order valence-corrected chi connectivity index (χ4v) is 3.48.